The fourth-order valence-electron chi connectivity index (χ4n) is 4.48. The Labute approximate surface area is 191 Å². The number of carbonyl (C=O) groups is 1. The predicted octanol–water partition coefficient (Wildman–Crippen LogP) is 3.48. The van der Waals surface area contributed by atoms with Crippen LogP contribution in [0.4, 0.5) is 0 Å². The van der Waals surface area contributed by atoms with Gasteiger partial charge in [0.05, 0.1) is 16.8 Å². The quantitative estimate of drug-likeness (QED) is 0.652. The Morgan fingerprint density at radius 1 is 1.23 bits per heavy atom. The highest BCUT2D eigenvalue weighted by molar-refractivity contribution is 5.85. The lowest BCUT2D eigenvalue weighted by Crippen LogP contribution is -2.48. The fraction of sp³-hybridized carbons (Fsp3) is 0.591. The van der Waals surface area contributed by atoms with Crippen molar-refractivity contribution in [2.45, 2.75) is 71.5 Å². The van der Waals surface area contributed by atoms with Gasteiger partial charge in [0.25, 0.3) is 5.56 Å². The summed E-state index contributed by atoms with van der Waals surface area (Å²) in [7, 11) is 0. The van der Waals surface area contributed by atoms with E-state index in [1.54, 1.807) is 4.57 Å². The van der Waals surface area contributed by atoms with E-state index in [4.69, 9.17) is 0 Å². The SMILES string of the molecule is CCc1nc2ccccc2c(=O)n1CCCNC(=O)C1CC(C)(C)NC1(C)C.Cl.Cl. The summed E-state index contributed by atoms with van der Waals surface area (Å²) in [6.07, 6.45) is 2.21. The highest BCUT2D eigenvalue weighted by atomic mass is 35.5. The molecule has 0 bridgehead atoms. The van der Waals surface area contributed by atoms with E-state index in [0.717, 1.165) is 17.8 Å². The van der Waals surface area contributed by atoms with Gasteiger partial charge in [-0.3, -0.25) is 14.2 Å². The molecule has 1 aromatic carbocycles. The minimum absolute atomic E-state index is 0. The maximum absolute atomic E-state index is 12.8. The lowest BCUT2D eigenvalue weighted by Gasteiger charge is -2.27. The number of hydrogen-bond donors (Lipinski definition) is 2. The van der Waals surface area contributed by atoms with Crippen LogP contribution in [0, 0.1) is 5.92 Å². The van der Waals surface area contributed by atoms with Gasteiger partial charge in [0.2, 0.25) is 5.91 Å². The van der Waals surface area contributed by atoms with E-state index < -0.39 is 0 Å². The van der Waals surface area contributed by atoms with Crippen LogP contribution in [-0.4, -0.2) is 33.1 Å². The third-order valence-electron chi connectivity index (χ3n) is 5.68. The number of aryl methyl sites for hydroxylation is 1. The highest BCUT2D eigenvalue weighted by Crippen LogP contribution is 2.35. The largest absolute Gasteiger partial charge is 0.356 e. The molecule has 1 aliphatic rings. The molecule has 168 valence electrons. The Hall–Kier alpha value is -1.63. The first kappa shape index (κ1) is 26.4. The molecule has 1 fully saturated rings. The van der Waals surface area contributed by atoms with Crippen LogP contribution in [-0.2, 0) is 17.8 Å². The lowest BCUT2D eigenvalue weighted by atomic mass is 9.86. The van der Waals surface area contributed by atoms with Crippen molar-refractivity contribution in [3.63, 3.8) is 0 Å². The normalized spacial score (nSPS) is 19.0. The Kier molecular flexibility index (Phi) is 8.91. The van der Waals surface area contributed by atoms with Crippen molar-refractivity contribution in [3.8, 4) is 0 Å². The molecular weight excluding hydrogens is 423 g/mol. The molecule has 1 saturated heterocycles. The van der Waals surface area contributed by atoms with E-state index in [9.17, 15) is 9.59 Å². The van der Waals surface area contributed by atoms with Crippen LogP contribution in [0.25, 0.3) is 10.9 Å². The van der Waals surface area contributed by atoms with Gasteiger partial charge in [-0.25, -0.2) is 4.98 Å². The van der Waals surface area contributed by atoms with Crippen molar-refractivity contribution < 1.29 is 4.79 Å². The molecular formula is C22H34Cl2N4O2. The number of carbonyl (C=O) groups excluding carboxylic acids is 1. The number of benzene rings is 1. The Morgan fingerprint density at radius 2 is 1.90 bits per heavy atom. The summed E-state index contributed by atoms with van der Waals surface area (Å²) in [5.41, 5.74) is 0.484. The molecule has 0 aliphatic carbocycles. The Bertz CT molecular complexity index is 940. The maximum Gasteiger partial charge on any atom is 0.261 e. The molecule has 2 heterocycles. The first-order valence-electron chi connectivity index (χ1n) is 10.2. The van der Waals surface area contributed by atoms with Crippen molar-refractivity contribution in [1.82, 2.24) is 20.2 Å². The summed E-state index contributed by atoms with van der Waals surface area (Å²) < 4.78 is 1.75. The van der Waals surface area contributed by atoms with Gasteiger partial charge in [0.15, 0.2) is 0 Å². The topological polar surface area (TPSA) is 76.0 Å². The van der Waals surface area contributed by atoms with Crippen molar-refractivity contribution in [2.24, 2.45) is 5.92 Å². The first-order valence-corrected chi connectivity index (χ1v) is 10.2. The summed E-state index contributed by atoms with van der Waals surface area (Å²) in [6.45, 7) is 11.5. The zero-order valence-corrected chi connectivity index (χ0v) is 20.1. The molecule has 0 radical (unpaired) electrons. The molecule has 8 heteroatoms. The molecule has 3 rings (SSSR count). The van der Waals surface area contributed by atoms with Gasteiger partial charge in [0.1, 0.15) is 5.82 Å². The van der Waals surface area contributed by atoms with E-state index >= 15 is 0 Å². The van der Waals surface area contributed by atoms with Gasteiger partial charge in [-0.2, -0.15) is 0 Å². The second kappa shape index (κ2) is 10.1. The fourth-order valence-corrected chi connectivity index (χ4v) is 4.48. The smallest absolute Gasteiger partial charge is 0.261 e. The van der Waals surface area contributed by atoms with Crippen molar-refractivity contribution in [3.05, 3.63) is 40.4 Å². The first-order chi connectivity index (χ1) is 13.1. The van der Waals surface area contributed by atoms with Gasteiger partial charge >= 0.3 is 0 Å². The van der Waals surface area contributed by atoms with Crippen LogP contribution >= 0.6 is 24.8 Å². The second-order valence-electron chi connectivity index (χ2n) is 8.99. The monoisotopic (exact) mass is 456 g/mol. The number of rotatable bonds is 6. The summed E-state index contributed by atoms with van der Waals surface area (Å²) in [5.74, 6) is 0.819. The van der Waals surface area contributed by atoms with Crippen LogP contribution < -0.4 is 16.2 Å². The lowest BCUT2D eigenvalue weighted by molar-refractivity contribution is -0.126. The Morgan fingerprint density at radius 3 is 2.50 bits per heavy atom. The molecule has 1 aliphatic heterocycles. The van der Waals surface area contributed by atoms with Gasteiger partial charge in [-0.1, -0.05) is 19.1 Å². The van der Waals surface area contributed by atoms with Gasteiger partial charge < -0.3 is 10.6 Å². The summed E-state index contributed by atoms with van der Waals surface area (Å²) >= 11 is 0. The molecule has 2 N–H and O–H groups in total. The number of para-hydroxylation sites is 1. The number of amides is 1. The predicted molar refractivity (Wildman–Crippen MR) is 127 cm³/mol. The van der Waals surface area contributed by atoms with Crippen LogP contribution in [0.3, 0.4) is 0 Å². The number of aromatic nitrogens is 2. The minimum Gasteiger partial charge on any atom is -0.356 e. The van der Waals surface area contributed by atoms with Crippen molar-refractivity contribution in [1.29, 1.82) is 0 Å². The third-order valence-corrected chi connectivity index (χ3v) is 5.68. The molecule has 2 aromatic rings. The van der Waals surface area contributed by atoms with Crippen LogP contribution in [0.5, 0.6) is 0 Å². The number of fused-ring (bicyclic) bond motifs is 1. The van der Waals surface area contributed by atoms with Crippen LogP contribution in [0.15, 0.2) is 29.1 Å². The van der Waals surface area contributed by atoms with E-state index in [2.05, 4.69) is 43.3 Å². The van der Waals surface area contributed by atoms with Crippen molar-refractivity contribution >= 4 is 41.6 Å². The maximum atomic E-state index is 12.8. The van der Waals surface area contributed by atoms with Gasteiger partial charge in [0, 0.05) is 30.6 Å². The van der Waals surface area contributed by atoms with E-state index in [1.807, 2.05) is 31.2 Å². The summed E-state index contributed by atoms with van der Waals surface area (Å²) in [4.78, 5) is 30.2. The number of halogens is 2. The molecule has 1 unspecified atom stereocenters. The number of nitrogens with one attached hydrogen (secondary N) is 2. The zero-order chi connectivity index (χ0) is 20.5. The molecule has 30 heavy (non-hydrogen) atoms. The molecule has 1 aromatic heterocycles. The number of nitrogens with zero attached hydrogens (tertiary/aromatic N) is 2. The van der Waals surface area contributed by atoms with Gasteiger partial charge in [-0.05, 0) is 52.7 Å². The highest BCUT2D eigenvalue weighted by Gasteiger charge is 2.47. The Balaban J connectivity index is 0.00000225. The molecule has 0 spiro atoms. The van der Waals surface area contributed by atoms with Crippen LogP contribution in [0.1, 0.15) is 53.3 Å². The van der Waals surface area contributed by atoms with Crippen molar-refractivity contribution in [2.75, 3.05) is 6.54 Å². The molecule has 0 saturated carbocycles. The van der Waals surface area contributed by atoms with Crippen LogP contribution in [0.2, 0.25) is 0 Å². The van der Waals surface area contributed by atoms with Gasteiger partial charge in [-0.15, -0.1) is 24.8 Å². The summed E-state index contributed by atoms with van der Waals surface area (Å²) in [6, 6.07) is 7.45. The second-order valence-corrected chi connectivity index (χ2v) is 8.99. The molecule has 1 amide bonds. The third kappa shape index (κ3) is 5.54. The van der Waals surface area contributed by atoms with E-state index in [1.165, 1.54) is 0 Å². The summed E-state index contributed by atoms with van der Waals surface area (Å²) in [5, 5.41) is 7.25. The number of hydrogen-bond acceptors (Lipinski definition) is 4. The average molecular weight is 457 g/mol. The van der Waals surface area contributed by atoms with E-state index in [0.29, 0.717) is 31.3 Å². The zero-order valence-electron chi connectivity index (χ0n) is 18.4. The average Bonchev–Trinajstić information content (AvgIpc) is 2.87. The minimum atomic E-state index is -0.220. The molecule has 6 nitrogen and oxygen atoms in total. The van der Waals surface area contributed by atoms with E-state index in [-0.39, 0.29) is 53.3 Å². The standard InChI is InChI=1S/C22H32N4O2.2ClH/c1-6-18-24-17-11-8-7-10-15(17)20(28)26(18)13-9-12-23-19(27)16-14-21(2,3)25-22(16,4)5;;/h7-8,10-11,16,25H,6,9,12-14H2,1-5H3,(H,23,27);2*1H. The molecule has 1 atom stereocenters.